The van der Waals surface area contributed by atoms with Crippen LogP contribution in [0.25, 0.3) is 10.8 Å². The maximum Gasteiger partial charge on any atom is 0.276 e. The van der Waals surface area contributed by atoms with Gasteiger partial charge in [0, 0.05) is 37.0 Å². The van der Waals surface area contributed by atoms with Crippen molar-refractivity contribution in [1.29, 1.82) is 0 Å². The van der Waals surface area contributed by atoms with Gasteiger partial charge in [0.2, 0.25) is 0 Å². The molecule has 204 valence electrons. The van der Waals surface area contributed by atoms with E-state index in [9.17, 15) is 19.2 Å². The molecule has 0 atom stereocenters. The number of hydrogen-bond acceptors (Lipinski definition) is 6. The number of carbonyl (C=O) groups excluding carboxylic acids is 4. The standard InChI is InChI=1S/C30H40N4O4/c1-5-9-17-31(18-10-6-2)33-27(35)21-13-15-23-26-24(16-14-22(25(21)26)28(33)36)30(38)34(29(23)37)32(19-11-7-3)20-12-8-4/h13-16H,5-12,17-20H2,1-4H3. The lowest BCUT2D eigenvalue weighted by atomic mass is 9.86. The predicted octanol–water partition coefficient (Wildman–Crippen LogP) is 5.67. The summed E-state index contributed by atoms with van der Waals surface area (Å²) in [5, 5.41) is 7.12. The molecule has 8 nitrogen and oxygen atoms in total. The third-order valence-electron chi connectivity index (χ3n) is 7.50. The smallest absolute Gasteiger partial charge is 0.267 e. The van der Waals surface area contributed by atoms with Gasteiger partial charge in [0.25, 0.3) is 23.6 Å². The molecule has 0 saturated carbocycles. The number of unbranched alkanes of at least 4 members (excludes halogenated alkanes) is 4. The van der Waals surface area contributed by atoms with E-state index >= 15 is 0 Å². The van der Waals surface area contributed by atoms with Crippen LogP contribution in [0.5, 0.6) is 0 Å². The second-order valence-electron chi connectivity index (χ2n) is 10.2. The number of nitrogens with zero attached hydrogens (tertiary/aromatic N) is 4. The molecule has 0 aliphatic carbocycles. The molecule has 4 rings (SSSR count). The van der Waals surface area contributed by atoms with Gasteiger partial charge in [-0.1, -0.05) is 53.4 Å². The summed E-state index contributed by atoms with van der Waals surface area (Å²) in [6, 6.07) is 6.61. The van der Waals surface area contributed by atoms with Crippen molar-refractivity contribution < 1.29 is 19.2 Å². The molecule has 2 heterocycles. The Morgan fingerprint density at radius 3 is 0.921 bits per heavy atom. The molecular formula is C30H40N4O4. The highest BCUT2D eigenvalue weighted by Crippen LogP contribution is 2.38. The number of rotatable bonds is 14. The quantitative estimate of drug-likeness (QED) is 0.299. The number of hydrazine groups is 2. The molecule has 2 aliphatic heterocycles. The molecule has 0 spiro atoms. The lowest BCUT2D eigenvalue weighted by Crippen LogP contribution is -2.54. The molecule has 2 aromatic rings. The first-order valence-corrected chi connectivity index (χ1v) is 14.3. The van der Waals surface area contributed by atoms with E-state index < -0.39 is 23.6 Å². The minimum atomic E-state index is -0.395. The van der Waals surface area contributed by atoms with Crippen molar-refractivity contribution in [3.63, 3.8) is 0 Å². The SMILES string of the molecule is CCCCN(CCCC)N1C(=O)c2ccc3c4c(ccc(c24)C1=O)C(=O)N(N(CCCC)CCCC)C3=O. The zero-order chi connectivity index (χ0) is 27.4. The maximum atomic E-state index is 13.8. The number of benzene rings is 2. The number of hydrogen-bond donors (Lipinski definition) is 0. The van der Waals surface area contributed by atoms with E-state index in [0.717, 1.165) is 51.4 Å². The summed E-state index contributed by atoms with van der Waals surface area (Å²) in [7, 11) is 0. The molecular weight excluding hydrogens is 480 g/mol. The van der Waals surface area contributed by atoms with Gasteiger partial charge in [-0.2, -0.15) is 0 Å². The Kier molecular flexibility index (Phi) is 8.95. The topological polar surface area (TPSA) is 81.2 Å². The number of imide groups is 2. The van der Waals surface area contributed by atoms with E-state index in [0.29, 0.717) is 59.2 Å². The summed E-state index contributed by atoms with van der Waals surface area (Å²) in [5.74, 6) is -1.58. The van der Waals surface area contributed by atoms with Crippen molar-refractivity contribution in [2.24, 2.45) is 0 Å². The molecule has 0 unspecified atom stereocenters. The molecule has 8 heteroatoms. The summed E-state index contributed by atoms with van der Waals surface area (Å²) in [5.41, 5.74) is 1.45. The van der Waals surface area contributed by atoms with Crippen molar-refractivity contribution in [3.8, 4) is 0 Å². The summed E-state index contributed by atoms with van der Waals surface area (Å²) in [6.45, 7) is 10.8. The minimum absolute atomic E-state index is 0.362. The Morgan fingerprint density at radius 1 is 0.474 bits per heavy atom. The lowest BCUT2D eigenvalue weighted by Gasteiger charge is -2.39. The van der Waals surface area contributed by atoms with Crippen molar-refractivity contribution in [2.75, 3.05) is 26.2 Å². The van der Waals surface area contributed by atoms with E-state index in [4.69, 9.17) is 0 Å². The lowest BCUT2D eigenvalue weighted by molar-refractivity contribution is -0.00627. The van der Waals surface area contributed by atoms with Gasteiger partial charge >= 0.3 is 0 Å². The molecule has 2 aromatic carbocycles. The number of amides is 4. The average molecular weight is 521 g/mol. The zero-order valence-corrected chi connectivity index (χ0v) is 23.2. The third kappa shape index (κ3) is 4.87. The van der Waals surface area contributed by atoms with Gasteiger partial charge in [0.15, 0.2) is 0 Å². The predicted molar refractivity (Wildman–Crippen MR) is 148 cm³/mol. The van der Waals surface area contributed by atoms with Crippen LogP contribution in [0.3, 0.4) is 0 Å². The van der Waals surface area contributed by atoms with Gasteiger partial charge in [-0.25, -0.2) is 20.0 Å². The number of carbonyl (C=O) groups is 4. The first-order chi connectivity index (χ1) is 18.4. The summed E-state index contributed by atoms with van der Waals surface area (Å²) >= 11 is 0. The second kappa shape index (κ2) is 12.2. The average Bonchev–Trinajstić information content (AvgIpc) is 2.92. The van der Waals surface area contributed by atoms with Crippen LogP contribution in [0, 0.1) is 0 Å². The van der Waals surface area contributed by atoms with Gasteiger partial charge in [0.1, 0.15) is 0 Å². The normalized spacial score (nSPS) is 15.1. The van der Waals surface area contributed by atoms with Crippen LogP contribution in [0.15, 0.2) is 24.3 Å². The highest BCUT2D eigenvalue weighted by Gasteiger charge is 2.42. The van der Waals surface area contributed by atoms with E-state index in [-0.39, 0.29) is 0 Å². The minimum Gasteiger partial charge on any atom is -0.267 e. The van der Waals surface area contributed by atoms with Crippen LogP contribution < -0.4 is 0 Å². The van der Waals surface area contributed by atoms with Gasteiger partial charge in [-0.05, 0) is 49.9 Å². The van der Waals surface area contributed by atoms with E-state index in [1.807, 2.05) is 10.0 Å². The molecule has 0 N–H and O–H groups in total. The van der Waals surface area contributed by atoms with Crippen molar-refractivity contribution >= 4 is 34.4 Å². The van der Waals surface area contributed by atoms with Gasteiger partial charge < -0.3 is 0 Å². The molecule has 2 aliphatic rings. The Labute approximate surface area is 225 Å². The molecule has 0 aromatic heterocycles. The third-order valence-corrected chi connectivity index (χ3v) is 7.50. The summed E-state index contributed by atoms with van der Waals surface area (Å²) < 4.78 is 0. The molecule has 0 saturated heterocycles. The van der Waals surface area contributed by atoms with Crippen molar-refractivity contribution in [3.05, 3.63) is 46.5 Å². The van der Waals surface area contributed by atoms with Crippen LogP contribution in [0.2, 0.25) is 0 Å². The first kappa shape index (κ1) is 27.9. The first-order valence-electron chi connectivity index (χ1n) is 14.3. The van der Waals surface area contributed by atoms with E-state index in [1.165, 1.54) is 10.0 Å². The Hall–Kier alpha value is -3.10. The summed E-state index contributed by atoms with van der Waals surface area (Å²) in [6.07, 6.45) is 7.27. The maximum absolute atomic E-state index is 13.8. The Bertz CT molecular complexity index is 1060. The van der Waals surface area contributed by atoms with Crippen LogP contribution in [0.4, 0.5) is 0 Å². The molecule has 0 fully saturated rings. The fourth-order valence-corrected chi connectivity index (χ4v) is 5.35. The largest absolute Gasteiger partial charge is 0.276 e. The van der Waals surface area contributed by atoms with Gasteiger partial charge in [-0.3, -0.25) is 19.2 Å². The second-order valence-corrected chi connectivity index (χ2v) is 10.2. The van der Waals surface area contributed by atoms with Crippen LogP contribution in [-0.2, 0) is 0 Å². The molecule has 4 amide bonds. The van der Waals surface area contributed by atoms with Crippen LogP contribution in [-0.4, -0.2) is 69.8 Å². The van der Waals surface area contributed by atoms with Crippen molar-refractivity contribution in [1.82, 2.24) is 20.0 Å². The molecule has 0 bridgehead atoms. The van der Waals surface area contributed by atoms with Crippen molar-refractivity contribution in [2.45, 2.75) is 79.1 Å². The van der Waals surface area contributed by atoms with Crippen LogP contribution in [0.1, 0.15) is 120 Å². The fourth-order valence-electron chi connectivity index (χ4n) is 5.35. The Morgan fingerprint density at radius 2 is 0.711 bits per heavy atom. The van der Waals surface area contributed by atoms with E-state index in [2.05, 4.69) is 27.7 Å². The molecule has 0 radical (unpaired) electrons. The zero-order valence-electron chi connectivity index (χ0n) is 23.2. The van der Waals surface area contributed by atoms with Gasteiger partial charge in [0.05, 0.1) is 22.3 Å². The fraction of sp³-hybridized carbons (Fsp3) is 0.533. The summed E-state index contributed by atoms with van der Waals surface area (Å²) in [4.78, 5) is 55.0. The monoisotopic (exact) mass is 520 g/mol. The highest BCUT2D eigenvalue weighted by molar-refractivity contribution is 6.33. The van der Waals surface area contributed by atoms with Crippen LogP contribution >= 0.6 is 0 Å². The van der Waals surface area contributed by atoms with E-state index in [1.54, 1.807) is 24.3 Å². The Balaban J connectivity index is 1.79. The highest BCUT2D eigenvalue weighted by atomic mass is 16.2. The molecule has 38 heavy (non-hydrogen) atoms. The van der Waals surface area contributed by atoms with Gasteiger partial charge in [-0.15, -0.1) is 0 Å².